The van der Waals surface area contributed by atoms with Gasteiger partial charge in [-0.05, 0) is 36.4 Å². The van der Waals surface area contributed by atoms with Crippen LogP contribution in [-0.4, -0.2) is 20.0 Å². The first-order valence-electron chi connectivity index (χ1n) is 6.19. The Kier molecular flexibility index (Phi) is 4.02. The first kappa shape index (κ1) is 13.6. The molecule has 0 heterocycles. The molecular weight excluding hydrogens is 250 g/mol. The normalized spacial score (nSPS) is 9.65. The van der Waals surface area contributed by atoms with Gasteiger partial charge in [0, 0.05) is 31.0 Å². The molecule has 4 heteroatoms. The van der Waals surface area contributed by atoms with Gasteiger partial charge in [0.15, 0.2) is 0 Å². The van der Waals surface area contributed by atoms with Crippen molar-refractivity contribution in [2.45, 2.75) is 0 Å². The number of nitrogens with one attached hydrogen (secondary N) is 1. The molecule has 100 valence electrons. The Hall–Kier alpha value is -2.80. The molecule has 1 amide bonds. The van der Waals surface area contributed by atoms with E-state index in [1.54, 1.807) is 30.3 Å². The Labute approximate surface area is 118 Å². The zero-order valence-electron chi connectivity index (χ0n) is 11.4. The highest BCUT2D eigenvalue weighted by molar-refractivity contribution is 6.04. The van der Waals surface area contributed by atoms with Crippen molar-refractivity contribution < 1.29 is 4.79 Å². The van der Waals surface area contributed by atoms with Gasteiger partial charge in [-0.15, -0.1) is 0 Å². The average molecular weight is 265 g/mol. The molecule has 0 saturated carbocycles. The van der Waals surface area contributed by atoms with Crippen LogP contribution in [-0.2, 0) is 0 Å². The molecule has 0 aliphatic rings. The predicted octanol–water partition coefficient (Wildman–Crippen LogP) is 2.88. The minimum atomic E-state index is -0.191. The zero-order chi connectivity index (χ0) is 14.5. The minimum Gasteiger partial charge on any atom is -0.378 e. The van der Waals surface area contributed by atoms with Crippen LogP contribution in [0.1, 0.15) is 15.9 Å². The van der Waals surface area contributed by atoms with E-state index in [9.17, 15) is 4.79 Å². The third-order valence-corrected chi connectivity index (χ3v) is 2.87. The van der Waals surface area contributed by atoms with E-state index in [0.717, 1.165) is 5.69 Å². The minimum absolute atomic E-state index is 0.191. The van der Waals surface area contributed by atoms with Crippen molar-refractivity contribution in [3.05, 3.63) is 59.7 Å². The lowest BCUT2D eigenvalue weighted by Gasteiger charge is -2.13. The number of carbonyl (C=O) groups excluding carboxylic acids is 1. The summed E-state index contributed by atoms with van der Waals surface area (Å²) >= 11 is 0. The van der Waals surface area contributed by atoms with Crippen LogP contribution in [0.2, 0.25) is 0 Å². The van der Waals surface area contributed by atoms with E-state index in [-0.39, 0.29) is 5.91 Å². The van der Waals surface area contributed by atoms with Crippen molar-refractivity contribution >= 4 is 17.3 Å². The summed E-state index contributed by atoms with van der Waals surface area (Å²) in [4.78, 5) is 14.1. The van der Waals surface area contributed by atoms with Gasteiger partial charge in [-0.25, -0.2) is 0 Å². The van der Waals surface area contributed by atoms with Crippen LogP contribution in [0.25, 0.3) is 0 Å². The Balaban J connectivity index is 2.19. The van der Waals surface area contributed by atoms with Crippen LogP contribution in [0.4, 0.5) is 11.4 Å². The molecule has 20 heavy (non-hydrogen) atoms. The number of benzene rings is 2. The summed E-state index contributed by atoms with van der Waals surface area (Å²) in [6, 6.07) is 16.3. The van der Waals surface area contributed by atoms with E-state index in [0.29, 0.717) is 16.8 Å². The van der Waals surface area contributed by atoms with Crippen LogP contribution in [0.5, 0.6) is 0 Å². The van der Waals surface area contributed by atoms with Gasteiger partial charge in [-0.3, -0.25) is 4.79 Å². The fraction of sp³-hybridized carbons (Fsp3) is 0.125. The highest BCUT2D eigenvalue weighted by atomic mass is 16.1. The van der Waals surface area contributed by atoms with Gasteiger partial charge >= 0.3 is 0 Å². The van der Waals surface area contributed by atoms with E-state index in [2.05, 4.69) is 5.32 Å². The summed E-state index contributed by atoms with van der Waals surface area (Å²) in [6.07, 6.45) is 0. The molecule has 0 radical (unpaired) electrons. The van der Waals surface area contributed by atoms with Crippen LogP contribution in [0, 0.1) is 11.3 Å². The fourth-order valence-corrected chi connectivity index (χ4v) is 1.80. The van der Waals surface area contributed by atoms with Crippen LogP contribution >= 0.6 is 0 Å². The monoisotopic (exact) mass is 265 g/mol. The highest BCUT2D eigenvalue weighted by Gasteiger charge is 2.07. The zero-order valence-corrected chi connectivity index (χ0v) is 11.4. The smallest absolute Gasteiger partial charge is 0.255 e. The van der Waals surface area contributed by atoms with Crippen molar-refractivity contribution in [3.63, 3.8) is 0 Å². The molecule has 0 atom stereocenters. The number of rotatable bonds is 3. The van der Waals surface area contributed by atoms with Gasteiger partial charge in [-0.1, -0.05) is 12.1 Å². The molecule has 0 spiro atoms. The van der Waals surface area contributed by atoms with Gasteiger partial charge in [-0.2, -0.15) is 5.26 Å². The Morgan fingerprint density at radius 2 is 1.90 bits per heavy atom. The summed E-state index contributed by atoms with van der Waals surface area (Å²) in [5.41, 5.74) is 2.68. The number of anilines is 2. The topological polar surface area (TPSA) is 56.1 Å². The number of amides is 1. The molecule has 0 fully saturated rings. The SMILES string of the molecule is CN(C)c1cccc(C(=O)Nc2cccc(C#N)c2)c1. The molecule has 1 N–H and O–H groups in total. The second-order valence-corrected chi connectivity index (χ2v) is 4.59. The predicted molar refractivity (Wildman–Crippen MR) is 79.9 cm³/mol. The molecule has 0 aliphatic carbocycles. The molecule has 0 aromatic heterocycles. The molecular formula is C16H15N3O. The number of carbonyl (C=O) groups is 1. The standard InChI is InChI=1S/C16H15N3O/c1-19(2)15-8-4-6-13(10-15)16(20)18-14-7-3-5-12(9-14)11-17/h3-10H,1-2H3,(H,18,20). The highest BCUT2D eigenvalue weighted by Crippen LogP contribution is 2.16. The Morgan fingerprint density at radius 1 is 1.15 bits per heavy atom. The second kappa shape index (κ2) is 5.89. The van der Waals surface area contributed by atoms with Gasteiger partial charge in [0.2, 0.25) is 0 Å². The molecule has 2 aromatic rings. The van der Waals surface area contributed by atoms with Crippen LogP contribution in [0.3, 0.4) is 0 Å². The summed E-state index contributed by atoms with van der Waals surface area (Å²) in [7, 11) is 3.85. The van der Waals surface area contributed by atoms with Crippen molar-refractivity contribution in [3.8, 4) is 6.07 Å². The van der Waals surface area contributed by atoms with Crippen LogP contribution in [0.15, 0.2) is 48.5 Å². The van der Waals surface area contributed by atoms with Gasteiger partial charge in [0.1, 0.15) is 0 Å². The van der Waals surface area contributed by atoms with Crippen molar-refractivity contribution in [2.24, 2.45) is 0 Å². The molecule has 2 rings (SSSR count). The summed E-state index contributed by atoms with van der Waals surface area (Å²) in [5.74, 6) is -0.191. The van der Waals surface area contributed by atoms with E-state index >= 15 is 0 Å². The molecule has 0 bridgehead atoms. The third kappa shape index (κ3) is 3.15. The maximum Gasteiger partial charge on any atom is 0.255 e. The molecule has 0 aliphatic heterocycles. The van der Waals surface area contributed by atoms with E-state index < -0.39 is 0 Å². The van der Waals surface area contributed by atoms with Gasteiger partial charge in [0.05, 0.1) is 11.6 Å². The number of hydrogen-bond acceptors (Lipinski definition) is 3. The van der Waals surface area contributed by atoms with Gasteiger partial charge in [0.25, 0.3) is 5.91 Å². The first-order chi connectivity index (χ1) is 9.60. The summed E-state index contributed by atoms with van der Waals surface area (Å²) in [6.45, 7) is 0. The van der Waals surface area contributed by atoms with Crippen LogP contribution < -0.4 is 10.2 Å². The van der Waals surface area contributed by atoms with Crippen molar-refractivity contribution in [1.82, 2.24) is 0 Å². The lowest BCUT2D eigenvalue weighted by molar-refractivity contribution is 0.102. The molecule has 0 unspecified atom stereocenters. The summed E-state index contributed by atoms with van der Waals surface area (Å²) in [5, 5.41) is 11.6. The number of hydrogen-bond donors (Lipinski definition) is 1. The van der Waals surface area contributed by atoms with E-state index in [1.165, 1.54) is 0 Å². The molecule has 4 nitrogen and oxygen atoms in total. The number of nitrogens with zero attached hydrogens (tertiary/aromatic N) is 2. The largest absolute Gasteiger partial charge is 0.378 e. The van der Waals surface area contributed by atoms with E-state index in [1.807, 2.05) is 43.3 Å². The Morgan fingerprint density at radius 3 is 2.60 bits per heavy atom. The summed E-state index contributed by atoms with van der Waals surface area (Å²) < 4.78 is 0. The van der Waals surface area contributed by atoms with Crippen molar-refractivity contribution in [2.75, 3.05) is 24.3 Å². The van der Waals surface area contributed by atoms with Crippen molar-refractivity contribution in [1.29, 1.82) is 5.26 Å². The maximum absolute atomic E-state index is 12.2. The average Bonchev–Trinajstić information content (AvgIpc) is 2.47. The second-order valence-electron chi connectivity index (χ2n) is 4.59. The van der Waals surface area contributed by atoms with Gasteiger partial charge < -0.3 is 10.2 Å². The third-order valence-electron chi connectivity index (χ3n) is 2.87. The molecule has 0 saturated heterocycles. The first-order valence-corrected chi connectivity index (χ1v) is 6.19. The van der Waals surface area contributed by atoms with E-state index in [4.69, 9.17) is 5.26 Å². The lowest BCUT2D eigenvalue weighted by Crippen LogP contribution is -2.14. The maximum atomic E-state index is 12.2. The Bertz CT molecular complexity index is 671. The lowest BCUT2D eigenvalue weighted by atomic mass is 10.1. The quantitative estimate of drug-likeness (QED) is 0.928. The number of nitriles is 1. The molecule has 2 aromatic carbocycles. The fourth-order valence-electron chi connectivity index (χ4n) is 1.80.